The molecule has 0 saturated heterocycles. The largest absolute Gasteiger partial charge is 0.394 e. The minimum atomic E-state index is -4.10. The Morgan fingerprint density at radius 2 is 1.88 bits per heavy atom. The maximum atomic E-state index is 13.1. The van der Waals surface area contributed by atoms with Crippen molar-refractivity contribution in [2.24, 2.45) is 11.8 Å². The van der Waals surface area contributed by atoms with Crippen LogP contribution < -0.4 is 5.32 Å². The van der Waals surface area contributed by atoms with Gasteiger partial charge in [0.15, 0.2) is 9.84 Å². The highest BCUT2D eigenvalue weighted by Gasteiger charge is 2.42. The molecule has 2 aliphatic rings. The topological polar surface area (TPSA) is 99.6 Å². The fourth-order valence-electron chi connectivity index (χ4n) is 6.01. The molecule has 2 heterocycles. The van der Waals surface area contributed by atoms with E-state index in [2.05, 4.69) is 22.1 Å². The molecule has 0 bridgehead atoms. The van der Waals surface area contributed by atoms with Crippen LogP contribution in [0.1, 0.15) is 85.2 Å². The molecule has 1 aromatic carbocycles. The molecule has 2 aromatic rings. The summed E-state index contributed by atoms with van der Waals surface area (Å²) in [5.41, 5.74) is 3.03. The molecule has 40 heavy (non-hydrogen) atoms. The van der Waals surface area contributed by atoms with Crippen LogP contribution >= 0.6 is 0 Å². The van der Waals surface area contributed by atoms with Crippen molar-refractivity contribution in [3.05, 3.63) is 58.9 Å². The van der Waals surface area contributed by atoms with Crippen LogP contribution in [0.5, 0.6) is 0 Å². The van der Waals surface area contributed by atoms with Crippen LogP contribution in [0, 0.1) is 11.8 Å². The van der Waals surface area contributed by atoms with Crippen LogP contribution in [-0.2, 0) is 16.3 Å². The average molecular weight is 582 g/mol. The summed E-state index contributed by atoms with van der Waals surface area (Å²) in [4.78, 5) is 19.7. The predicted octanol–water partition coefficient (Wildman–Crippen LogP) is 5.02. The van der Waals surface area contributed by atoms with E-state index in [4.69, 9.17) is 0 Å². The number of hydrogen-bond donors (Lipinski definition) is 2. The number of nitrogens with zero attached hydrogens (tertiary/aromatic N) is 2. The third-order valence-corrected chi connectivity index (χ3v) is 10.1. The van der Waals surface area contributed by atoms with E-state index >= 15 is 0 Å². The summed E-state index contributed by atoms with van der Waals surface area (Å²) in [7, 11) is -3.41. The van der Waals surface area contributed by atoms with E-state index in [1.807, 2.05) is 12.1 Å². The quantitative estimate of drug-likeness (QED) is 0.432. The van der Waals surface area contributed by atoms with Gasteiger partial charge in [0, 0.05) is 30.9 Å². The van der Waals surface area contributed by atoms with Crippen molar-refractivity contribution >= 4 is 15.7 Å². The molecule has 1 amide bonds. The van der Waals surface area contributed by atoms with Crippen molar-refractivity contribution < 1.29 is 31.5 Å². The number of sulfone groups is 1. The van der Waals surface area contributed by atoms with Crippen molar-refractivity contribution in [3.8, 4) is 0 Å². The number of carbonyl (C=O) groups excluding carboxylic acids is 1. The monoisotopic (exact) mass is 581 g/mol. The highest BCUT2D eigenvalue weighted by atomic mass is 32.2. The van der Waals surface area contributed by atoms with Gasteiger partial charge in [0.1, 0.15) is 0 Å². The van der Waals surface area contributed by atoms with Crippen molar-refractivity contribution in [1.82, 2.24) is 15.2 Å². The Morgan fingerprint density at radius 1 is 1.15 bits per heavy atom. The molecule has 0 unspecified atom stereocenters. The van der Waals surface area contributed by atoms with Gasteiger partial charge in [0.25, 0.3) is 5.91 Å². The molecule has 0 spiro atoms. The van der Waals surface area contributed by atoms with E-state index in [-0.39, 0.29) is 41.4 Å². The Hall–Kier alpha value is -2.50. The average Bonchev–Trinajstić information content (AvgIpc) is 2.95. The fraction of sp³-hybridized carbons (Fsp3) is 0.586. The Labute approximate surface area is 234 Å². The smallest absolute Gasteiger partial charge is 0.391 e. The van der Waals surface area contributed by atoms with E-state index in [1.165, 1.54) is 18.3 Å². The van der Waals surface area contributed by atoms with E-state index < -0.39 is 34.6 Å². The lowest BCUT2D eigenvalue weighted by Crippen LogP contribution is -2.40. The molecule has 1 aliphatic heterocycles. The molecule has 0 radical (unpaired) electrons. The Balaban J connectivity index is 1.41. The van der Waals surface area contributed by atoms with Gasteiger partial charge in [-0.25, -0.2) is 8.42 Å². The Kier molecular flexibility index (Phi) is 9.57. The highest BCUT2D eigenvalue weighted by Crippen LogP contribution is 2.41. The first-order valence-corrected chi connectivity index (χ1v) is 15.7. The molecule has 1 fully saturated rings. The summed E-state index contributed by atoms with van der Waals surface area (Å²) in [6.07, 6.45) is 0.353. The number of aromatic nitrogens is 1. The van der Waals surface area contributed by atoms with Crippen LogP contribution in [0.3, 0.4) is 0 Å². The number of benzene rings is 1. The molecule has 11 heteroatoms. The Bertz CT molecular complexity index is 1280. The van der Waals surface area contributed by atoms with Gasteiger partial charge < -0.3 is 10.4 Å². The lowest BCUT2D eigenvalue weighted by molar-refractivity contribution is -0.184. The van der Waals surface area contributed by atoms with Crippen molar-refractivity contribution in [3.63, 3.8) is 0 Å². The number of alkyl halides is 3. The number of aliphatic hydroxyl groups excluding tert-OH is 1. The zero-order chi connectivity index (χ0) is 29.1. The van der Waals surface area contributed by atoms with Crippen LogP contribution in [0.2, 0.25) is 0 Å². The number of carbonyl (C=O) groups is 1. The van der Waals surface area contributed by atoms with Gasteiger partial charge in [-0.15, -0.1) is 0 Å². The molecule has 2 N–H and O–H groups in total. The number of amides is 1. The summed E-state index contributed by atoms with van der Waals surface area (Å²) >= 11 is 0. The summed E-state index contributed by atoms with van der Waals surface area (Å²) in [5.74, 6) is -1.33. The molecular weight excluding hydrogens is 543 g/mol. The van der Waals surface area contributed by atoms with Gasteiger partial charge in [0.2, 0.25) is 0 Å². The second kappa shape index (κ2) is 12.6. The van der Waals surface area contributed by atoms with E-state index in [0.717, 1.165) is 37.1 Å². The molecule has 220 valence electrons. The third-order valence-electron chi connectivity index (χ3n) is 8.41. The molecular formula is C29H38F3N3O4S. The van der Waals surface area contributed by atoms with Crippen LogP contribution in [0.15, 0.2) is 41.4 Å². The van der Waals surface area contributed by atoms with Gasteiger partial charge in [-0.1, -0.05) is 19.9 Å². The first-order valence-electron chi connectivity index (χ1n) is 14.0. The molecule has 7 nitrogen and oxygen atoms in total. The molecule has 2 atom stereocenters. The number of rotatable bonds is 9. The maximum absolute atomic E-state index is 13.1. The van der Waals surface area contributed by atoms with Crippen LogP contribution in [-0.4, -0.2) is 60.9 Å². The third kappa shape index (κ3) is 6.86. The van der Waals surface area contributed by atoms with Crippen LogP contribution in [0.25, 0.3) is 0 Å². The maximum Gasteiger partial charge on any atom is 0.391 e. The van der Waals surface area contributed by atoms with Crippen molar-refractivity contribution in [1.29, 1.82) is 0 Å². The number of aliphatic hydroxyl groups is 1. The summed E-state index contributed by atoms with van der Waals surface area (Å²) < 4.78 is 63.3. The van der Waals surface area contributed by atoms with Gasteiger partial charge >= 0.3 is 6.18 Å². The first-order chi connectivity index (χ1) is 19.0. The standard InChI is InChI=1S/C29H38F3N3O4S/c1-3-27-24-11-7-21(28(37)34-26(18-36)25-12-10-23(16-33-25)40(38,39)4-2)15-20(24)13-14-35(27)17-19-5-8-22(9-6-19)29(30,31)32/h7,10-12,15-16,19,22,26-27,36H,3-6,8-9,13-14,17-18H2,1-2H3,(H,34,37)/t19?,22?,26-,27-/m0/s1. The number of fused-ring (bicyclic) bond motifs is 1. The number of pyridine rings is 1. The van der Waals surface area contributed by atoms with Gasteiger partial charge in [-0.2, -0.15) is 13.2 Å². The predicted molar refractivity (Wildman–Crippen MR) is 146 cm³/mol. The molecule has 1 aromatic heterocycles. The second-order valence-electron chi connectivity index (χ2n) is 10.9. The summed E-state index contributed by atoms with van der Waals surface area (Å²) in [6, 6.07) is 7.86. The Morgan fingerprint density at radius 3 is 2.45 bits per heavy atom. The van der Waals surface area contributed by atoms with E-state index in [9.17, 15) is 31.5 Å². The zero-order valence-corrected chi connectivity index (χ0v) is 23.8. The second-order valence-corrected chi connectivity index (χ2v) is 13.2. The normalized spacial score (nSPS) is 22.9. The fourth-order valence-corrected chi connectivity index (χ4v) is 6.83. The highest BCUT2D eigenvalue weighted by molar-refractivity contribution is 7.91. The molecule has 1 saturated carbocycles. The van der Waals surface area contributed by atoms with Gasteiger partial charge in [0.05, 0.1) is 34.9 Å². The van der Waals surface area contributed by atoms with E-state index in [1.54, 1.807) is 13.0 Å². The number of nitrogens with one attached hydrogen (secondary N) is 1. The van der Waals surface area contributed by atoms with Crippen molar-refractivity contribution in [2.45, 2.75) is 75.5 Å². The van der Waals surface area contributed by atoms with Crippen LogP contribution in [0.4, 0.5) is 13.2 Å². The minimum absolute atomic E-state index is 0.0495. The number of halogens is 3. The van der Waals surface area contributed by atoms with Crippen molar-refractivity contribution in [2.75, 3.05) is 25.4 Å². The summed E-state index contributed by atoms with van der Waals surface area (Å²) in [6.45, 7) is 4.82. The van der Waals surface area contributed by atoms with Gasteiger partial charge in [-0.05, 0) is 79.8 Å². The summed E-state index contributed by atoms with van der Waals surface area (Å²) in [5, 5.41) is 12.7. The van der Waals surface area contributed by atoms with E-state index in [0.29, 0.717) is 24.1 Å². The minimum Gasteiger partial charge on any atom is -0.394 e. The first kappa shape index (κ1) is 30.5. The molecule has 1 aliphatic carbocycles. The lowest BCUT2D eigenvalue weighted by Gasteiger charge is -2.40. The lowest BCUT2D eigenvalue weighted by atomic mass is 9.80. The SMILES string of the molecule is CC[C@H]1c2ccc(C(=O)N[C@@H](CO)c3ccc(S(=O)(=O)CC)cn3)cc2CCN1CC1CCC(C(F)(F)F)CC1. The van der Waals surface area contributed by atoms with Gasteiger partial charge in [-0.3, -0.25) is 14.7 Å². The number of hydrogen-bond acceptors (Lipinski definition) is 6. The zero-order valence-electron chi connectivity index (χ0n) is 23.0. The molecule has 4 rings (SSSR count).